The molecule has 1 amide bonds. The van der Waals surface area contributed by atoms with Crippen LogP contribution >= 0.6 is 0 Å². The van der Waals surface area contributed by atoms with Crippen LogP contribution < -0.4 is 5.32 Å². The molecule has 1 unspecified atom stereocenters. The second-order valence-electron chi connectivity index (χ2n) is 5.11. The lowest BCUT2D eigenvalue weighted by Gasteiger charge is -2.27. The maximum atomic E-state index is 12.2. The van der Waals surface area contributed by atoms with Gasteiger partial charge in [0.15, 0.2) is 0 Å². The van der Waals surface area contributed by atoms with Crippen molar-refractivity contribution in [2.24, 2.45) is 7.05 Å². The van der Waals surface area contributed by atoms with E-state index in [1.165, 1.54) is 0 Å². The molecule has 1 aromatic rings. The van der Waals surface area contributed by atoms with Crippen LogP contribution in [0.3, 0.4) is 0 Å². The van der Waals surface area contributed by atoms with Crippen LogP contribution in [0.5, 0.6) is 0 Å². The van der Waals surface area contributed by atoms with Gasteiger partial charge in [0.1, 0.15) is 5.69 Å². The zero-order valence-electron chi connectivity index (χ0n) is 11.1. The van der Waals surface area contributed by atoms with Gasteiger partial charge in [-0.25, -0.2) is 0 Å². The third kappa shape index (κ3) is 2.54. The Kier molecular flexibility index (Phi) is 3.41. The first-order chi connectivity index (χ1) is 8.41. The predicted octanol–water partition coefficient (Wildman–Crippen LogP) is -0.475. The number of carbonyl (C=O) groups is 1. The Hall–Kier alpha value is -1.40. The molecule has 2 N–H and O–H groups in total. The summed E-state index contributed by atoms with van der Waals surface area (Å²) in [6.45, 7) is 3.52. The molecule has 6 heteroatoms. The van der Waals surface area contributed by atoms with Gasteiger partial charge in [-0.2, -0.15) is 5.10 Å². The van der Waals surface area contributed by atoms with Crippen LogP contribution in [0.25, 0.3) is 0 Å². The minimum atomic E-state index is -0.807. The molecule has 1 aromatic heterocycles. The summed E-state index contributed by atoms with van der Waals surface area (Å²) in [5.41, 5.74) is 0.554. The standard InChI is InChI=1S/C12H20N4O2/c1-9-6-10(16(3)14-9)11(17)15(2)8-12(18)4-5-13-7-12/h6,13,18H,4-5,7-8H2,1-3H3. The van der Waals surface area contributed by atoms with Gasteiger partial charge >= 0.3 is 0 Å². The number of amides is 1. The van der Waals surface area contributed by atoms with Crippen LogP contribution in [0.4, 0.5) is 0 Å². The minimum absolute atomic E-state index is 0.113. The number of aromatic nitrogens is 2. The Morgan fingerprint density at radius 1 is 1.72 bits per heavy atom. The molecule has 0 spiro atoms. The lowest BCUT2D eigenvalue weighted by Crippen LogP contribution is -2.45. The second kappa shape index (κ2) is 4.70. The fraction of sp³-hybridized carbons (Fsp3) is 0.667. The number of nitrogens with zero attached hydrogens (tertiary/aromatic N) is 3. The number of hydrogen-bond donors (Lipinski definition) is 2. The normalized spacial score (nSPS) is 23.3. The van der Waals surface area contributed by atoms with Crippen molar-refractivity contribution in [3.63, 3.8) is 0 Å². The summed E-state index contributed by atoms with van der Waals surface area (Å²) in [4.78, 5) is 13.8. The Balaban J connectivity index is 2.07. The number of carbonyl (C=O) groups excluding carboxylic acids is 1. The van der Waals surface area contributed by atoms with Gasteiger partial charge in [-0.3, -0.25) is 9.48 Å². The smallest absolute Gasteiger partial charge is 0.271 e. The number of likely N-dealkylation sites (N-methyl/N-ethyl adjacent to an activating group) is 1. The zero-order chi connectivity index (χ0) is 13.3. The van der Waals surface area contributed by atoms with E-state index in [0.29, 0.717) is 25.2 Å². The monoisotopic (exact) mass is 252 g/mol. The van der Waals surface area contributed by atoms with Crippen LogP contribution in [0.15, 0.2) is 6.07 Å². The largest absolute Gasteiger partial charge is 0.387 e. The molecule has 0 aliphatic carbocycles. The molecule has 0 saturated carbocycles. The summed E-state index contributed by atoms with van der Waals surface area (Å²) in [7, 11) is 3.46. The average molecular weight is 252 g/mol. The van der Waals surface area contributed by atoms with Crippen molar-refractivity contribution < 1.29 is 9.90 Å². The third-order valence-electron chi connectivity index (χ3n) is 3.32. The maximum Gasteiger partial charge on any atom is 0.271 e. The Morgan fingerprint density at radius 2 is 2.44 bits per heavy atom. The number of nitrogens with one attached hydrogen (secondary N) is 1. The van der Waals surface area contributed by atoms with E-state index in [1.807, 2.05) is 6.92 Å². The summed E-state index contributed by atoms with van der Waals surface area (Å²) in [5, 5.41) is 17.5. The SMILES string of the molecule is Cc1cc(C(=O)N(C)CC2(O)CCNC2)n(C)n1. The number of rotatable bonds is 3. The molecule has 1 aliphatic heterocycles. The fourth-order valence-electron chi connectivity index (χ4n) is 2.39. The van der Waals surface area contributed by atoms with Gasteiger partial charge < -0.3 is 15.3 Å². The van der Waals surface area contributed by atoms with Crippen molar-refractivity contribution in [3.8, 4) is 0 Å². The Morgan fingerprint density at radius 3 is 2.94 bits per heavy atom. The Labute approximate surface area is 107 Å². The number of hydrogen-bond acceptors (Lipinski definition) is 4. The summed E-state index contributed by atoms with van der Waals surface area (Å²) >= 11 is 0. The topological polar surface area (TPSA) is 70.4 Å². The highest BCUT2D eigenvalue weighted by molar-refractivity contribution is 5.92. The van der Waals surface area contributed by atoms with Crippen LogP contribution in [0.1, 0.15) is 22.6 Å². The van der Waals surface area contributed by atoms with Gasteiger partial charge in [0.05, 0.1) is 17.8 Å². The molecule has 1 saturated heterocycles. The molecule has 100 valence electrons. The molecule has 0 bridgehead atoms. The van der Waals surface area contributed by atoms with E-state index in [1.54, 1.807) is 29.7 Å². The highest BCUT2D eigenvalue weighted by Gasteiger charge is 2.34. The zero-order valence-corrected chi connectivity index (χ0v) is 11.1. The lowest BCUT2D eigenvalue weighted by atomic mass is 10.0. The van der Waals surface area contributed by atoms with Gasteiger partial charge in [0.2, 0.25) is 0 Å². The van der Waals surface area contributed by atoms with E-state index in [-0.39, 0.29) is 5.91 Å². The van der Waals surface area contributed by atoms with Crippen LogP contribution in [0.2, 0.25) is 0 Å². The van der Waals surface area contributed by atoms with Crippen LogP contribution in [0, 0.1) is 6.92 Å². The van der Waals surface area contributed by atoms with Gasteiger partial charge in [-0.05, 0) is 26.0 Å². The molecule has 1 atom stereocenters. The van der Waals surface area contributed by atoms with Crippen molar-refractivity contribution in [2.45, 2.75) is 18.9 Å². The molecule has 0 aromatic carbocycles. The average Bonchev–Trinajstić information content (AvgIpc) is 2.84. The second-order valence-corrected chi connectivity index (χ2v) is 5.11. The van der Waals surface area contributed by atoms with Crippen molar-refractivity contribution in [1.82, 2.24) is 20.0 Å². The van der Waals surface area contributed by atoms with Crippen LogP contribution in [-0.2, 0) is 7.05 Å². The predicted molar refractivity (Wildman–Crippen MR) is 67.3 cm³/mol. The van der Waals surface area contributed by atoms with Crippen molar-refractivity contribution in [2.75, 3.05) is 26.7 Å². The first kappa shape index (κ1) is 13.0. The summed E-state index contributed by atoms with van der Waals surface area (Å²) in [6.07, 6.45) is 0.676. The van der Waals surface area contributed by atoms with Crippen LogP contribution in [-0.4, -0.2) is 58.0 Å². The molecule has 1 fully saturated rings. The summed E-state index contributed by atoms with van der Waals surface area (Å²) in [6, 6.07) is 1.76. The minimum Gasteiger partial charge on any atom is -0.387 e. The van der Waals surface area contributed by atoms with Gasteiger partial charge in [-0.1, -0.05) is 0 Å². The Bertz CT molecular complexity index is 449. The van der Waals surface area contributed by atoms with Gasteiger partial charge in [0.25, 0.3) is 5.91 Å². The third-order valence-corrected chi connectivity index (χ3v) is 3.32. The molecule has 1 aliphatic rings. The van der Waals surface area contributed by atoms with Gasteiger partial charge in [0, 0.05) is 20.6 Å². The summed E-state index contributed by atoms with van der Waals surface area (Å²) in [5.74, 6) is -0.113. The quantitative estimate of drug-likeness (QED) is 0.762. The highest BCUT2D eigenvalue weighted by atomic mass is 16.3. The molecular formula is C12H20N4O2. The lowest BCUT2D eigenvalue weighted by molar-refractivity contribution is 0.0248. The van der Waals surface area contributed by atoms with E-state index in [4.69, 9.17) is 0 Å². The first-order valence-corrected chi connectivity index (χ1v) is 6.10. The molecule has 18 heavy (non-hydrogen) atoms. The number of aliphatic hydroxyl groups is 1. The maximum absolute atomic E-state index is 12.2. The van der Waals surface area contributed by atoms with Crippen molar-refractivity contribution >= 4 is 5.91 Å². The van der Waals surface area contributed by atoms with Gasteiger partial charge in [-0.15, -0.1) is 0 Å². The van der Waals surface area contributed by atoms with Crippen molar-refractivity contribution in [1.29, 1.82) is 0 Å². The van der Waals surface area contributed by atoms with E-state index in [9.17, 15) is 9.90 Å². The molecular weight excluding hydrogens is 232 g/mol. The first-order valence-electron chi connectivity index (χ1n) is 6.10. The summed E-state index contributed by atoms with van der Waals surface area (Å²) < 4.78 is 1.57. The van der Waals surface area contributed by atoms with E-state index >= 15 is 0 Å². The molecule has 0 radical (unpaired) electrons. The van der Waals surface area contributed by atoms with E-state index in [2.05, 4.69) is 10.4 Å². The number of aryl methyl sites for hydroxylation is 2. The molecule has 2 rings (SSSR count). The fourth-order valence-corrected chi connectivity index (χ4v) is 2.39. The number of β-amino-alcohol motifs (C(OH)–C–C–N with tert-alkyl or cyclic N) is 1. The highest BCUT2D eigenvalue weighted by Crippen LogP contribution is 2.16. The van der Waals surface area contributed by atoms with E-state index < -0.39 is 5.60 Å². The molecule has 6 nitrogen and oxygen atoms in total. The van der Waals surface area contributed by atoms with E-state index in [0.717, 1.165) is 12.2 Å². The molecule has 2 heterocycles. The van der Waals surface area contributed by atoms with Crippen molar-refractivity contribution in [3.05, 3.63) is 17.5 Å².